The number of nitrogens with zero attached hydrogens (tertiary/aromatic N) is 2. The molecule has 0 bridgehead atoms. The number of hydrogen-bond donors (Lipinski definition) is 1. The molecule has 19 heavy (non-hydrogen) atoms. The van der Waals surface area contributed by atoms with E-state index in [0.29, 0.717) is 5.75 Å². The van der Waals surface area contributed by atoms with E-state index in [9.17, 15) is 4.21 Å². The lowest BCUT2D eigenvalue weighted by molar-refractivity contribution is 0.659. The second-order valence-corrected chi connectivity index (χ2v) is 5.87. The van der Waals surface area contributed by atoms with Crippen molar-refractivity contribution in [2.75, 3.05) is 11.6 Å². The van der Waals surface area contributed by atoms with Crippen molar-refractivity contribution in [3.05, 3.63) is 47.8 Å². The van der Waals surface area contributed by atoms with Crippen LogP contribution in [0.1, 0.15) is 18.1 Å². The fraction of sp³-hybridized carbons (Fsp3) is 0.357. The Hall–Kier alpha value is -1.62. The van der Waals surface area contributed by atoms with E-state index >= 15 is 0 Å². The lowest BCUT2D eigenvalue weighted by Gasteiger charge is -2.10. The topological polar surface area (TPSA) is 46.9 Å². The lowest BCUT2D eigenvalue weighted by Crippen LogP contribution is -2.03. The fourth-order valence-electron chi connectivity index (χ4n) is 1.91. The van der Waals surface area contributed by atoms with Crippen molar-refractivity contribution >= 4 is 16.5 Å². The number of hydrogen-bond acceptors (Lipinski definition) is 3. The predicted octanol–water partition coefficient (Wildman–Crippen LogP) is 2.39. The Morgan fingerprint density at radius 3 is 2.84 bits per heavy atom. The van der Waals surface area contributed by atoms with Crippen molar-refractivity contribution in [2.24, 2.45) is 0 Å². The molecule has 0 amide bonds. The van der Waals surface area contributed by atoms with Gasteiger partial charge in [0.25, 0.3) is 0 Å². The summed E-state index contributed by atoms with van der Waals surface area (Å²) in [5.41, 5.74) is 3.28. The molecule has 0 saturated heterocycles. The minimum Gasteiger partial charge on any atom is -0.381 e. The summed E-state index contributed by atoms with van der Waals surface area (Å²) in [6.45, 7) is 3.68. The standard InChI is InChI=1S/C14H19N3OS/c1-3-17-10-12(9-16-17)8-15-14-7-5-4-6-13(14)11-19(2)18/h4-7,9-10,15H,3,8,11H2,1-2H3/t19-/m1/s1. The SMILES string of the molecule is CCn1cc(CNc2ccccc2C[S@@](C)=O)cn1. The van der Waals surface area contributed by atoms with Gasteiger partial charge < -0.3 is 5.32 Å². The molecule has 0 aliphatic carbocycles. The summed E-state index contributed by atoms with van der Waals surface area (Å²) in [5.74, 6) is 0.581. The minimum atomic E-state index is -0.829. The number of rotatable bonds is 6. The van der Waals surface area contributed by atoms with Crippen molar-refractivity contribution in [1.82, 2.24) is 9.78 Å². The van der Waals surface area contributed by atoms with Gasteiger partial charge >= 0.3 is 0 Å². The summed E-state index contributed by atoms with van der Waals surface area (Å²) in [5, 5.41) is 7.63. The Bertz CT molecular complexity index is 565. The van der Waals surface area contributed by atoms with Gasteiger partial charge in [0.2, 0.25) is 0 Å². The van der Waals surface area contributed by atoms with Crippen molar-refractivity contribution in [3.8, 4) is 0 Å². The molecular weight excluding hydrogens is 258 g/mol. The second-order valence-electron chi connectivity index (χ2n) is 4.43. The Balaban J connectivity index is 2.04. The molecule has 0 aliphatic heterocycles. The molecule has 2 rings (SSSR count). The van der Waals surface area contributed by atoms with E-state index in [-0.39, 0.29) is 0 Å². The van der Waals surface area contributed by atoms with Crippen LogP contribution in [0, 0.1) is 0 Å². The van der Waals surface area contributed by atoms with Crippen LogP contribution in [0.5, 0.6) is 0 Å². The summed E-state index contributed by atoms with van der Waals surface area (Å²) in [6, 6.07) is 7.99. The molecule has 1 aromatic heterocycles. The Morgan fingerprint density at radius 2 is 2.16 bits per heavy atom. The number of benzene rings is 1. The largest absolute Gasteiger partial charge is 0.381 e. The first-order valence-electron chi connectivity index (χ1n) is 6.32. The maximum absolute atomic E-state index is 11.4. The molecule has 0 radical (unpaired) electrons. The minimum absolute atomic E-state index is 0.581. The normalized spacial score (nSPS) is 12.3. The highest BCUT2D eigenvalue weighted by Crippen LogP contribution is 2.17. The van der Waals surface area contributed by atoms with Crippen LogP contribution in [-0.2, 0) is 29.6 Å². The number of aromatic nitrogens is 2. The number of anilines is 1. The molecule has 1 heterocycles. The molecule has 1 aromatic carbocycles. The number of para-hydroxylation sites is 1. The monoisotopic (exact) mass is 277 g/mol. The zero-order valence-corrected chi connectivity index (χ0v) is 12.1. The quantitative estimate of drug-likeness (QED) is 0.882. The van der Waals surface area contributed by atoms with Gasteiger partial charge in [0.05, 0.1) is 11.9 Å². The predicted molar refractivity (Wildman–Crippen MR) is 79.4 cm³/mol. The first-order valence-corrected chi connectivity index (χ1v) is 8.05. The Morgan fingerprint density at radius 1 is 1.37 bits per heavy atom. The Labute approximate surface area is 116 Å². The number of nitrogens with one attached hydrogen (secondary N) is 1. The van der Waals surface area contributed by atoms with Crippen molar-refractivity contribution in [1.29, 1.82) is 0 Å². The molecule has 4 nitrogen and oxygen atoms in total. The summed E-state index contributed by atoms with van der Waals surface area (Å²) >= 11 is 0. The van der Waals surface area contributed by atoms with E-state index < -0.39 is 10.8 Å². The van der Waals surface area contributed by atoms with Crippen LogP contribution in [0.3, 0.4) is 0 Å². The third-order valence-corrected chi connectivity index (χ3v) is 3.59. The summed E-state index contributed by atoms with van der Waals surface area (Å²) < 4.78 is 13.3. The van der Waals surface area contributed by atoms with Gasteiger partial charge in [0.1, 0.15) is 0 Å². The maximum Gasteiger partial charge on any atom is 0.0539 e. The molecule has 2 aromatic rings. The first kappa shape index (κ1) is 13.8. The van der Waals surface area contributed by atoms with Gasteiger partial charge in [-0.15, -0.1) is 0 Å². The molecular formula is C14H19N3OS. The highest BCUT2D eigenvalue weighted by molar-refractivity contribution is 7.83. The third kappa shape index (κ3) is 3.92. The van der Waals surface area contributed by atoms with Gasteiger partial charge in [-0.2, -0.15) is 5.10 Å². The average molecular weight is 277 g/mol. The smallest absolute Gasteiger partial charge is 0.0539 e. The summed E-state index contributed by atoms with van der Waals surface area (Å²) in [6.07, 6.45) is 5.63. The van der Waals surface area contributed by atoms with Gasteiger partial charge in [0.15, 0.2) is 0 Å². The maximum atomic E-state index is 11.4. The molecule has 0 aliphatic rings. The average Bonchev–Trinajstić information content (AvgIpc) is 2.85. The van der Waals surface area contributed by atoms with Gasteiger partial charge in [-0.3, -0.25) is 8.89 Å². The molecule has 0 spiro atoms. The van der Waals surface area contributed by atoms with E-state index in [1.165, 1.54) is 0 Å². The van der Waals surface area contributed by atoms with Crippen LogP contribution in [0.15, 0.2) is 36.7 Å². The zero-order valence-electron chi connectivity index (χ0n) is 11.3. The molecule has 5 heteroatoms. The molecule has 0 saturated carbocycles. The van der Waals surface area contributed by atoms with E-state index in [1.807, 2.05) is 41.3 Å². The van der Waals surface area contributed by atoms with Gasteiger partial charge in [-0.25, -0.2) is 0 Å². The summed E-state index contributed by atoms with van der Waals surface area (Å²) in [4.78, 5) is 0. The zero-order chi connectivity index (χ0) is 13.7. The van der Waals surface area contributed by atoms with Crippen molar-refractivity contribution < 1.29 is 4.21 Å². The van der Waals surface area contributed by atoms with Crippen LogP contribution >= 0.6 is 0 Å². The second kappa shape index (κ2) is 6.52. The highest BCUT2D eigenvalue weighted by atomic mass is 32.2. The van der Waals surface area contributed by atoms with E-state index in [2.05, 4.69) is 17.3 Å². The van der Waals surface area contributed by atoms with Crippen molar-refractivity contribution in [3.63, 3.8) is 0 Å². The van der Waals surface area contributed by atoms with Gasteiger partial charge in [-0.1, -0.05) is 18.2 Å². The lowest BCUT2D eigenvalue weighted by atomic mass is 10.2. The van der Waals surface area contributed by atoms with Crippen LogP contribution in [-0.4, -0.2) is 20.2 Å². The summed E-state index contributed by atoms with van der Waals surface area (Å²) in [7, 11) is -0.829. The van der Waals surface area contributed by atoms with Crippen LogP contribution < -0.4 is 5.32 Å². The molecule has 102 valence electrons. The van der Waals surface area contributed by atoms with E-state index in [4.69, 9.17) is 0 Å². The molecule has 1 N–H and O–H groups in total. The Kier molecular flexibility index (Phi) is 4.74. The number of aryl methyl sites for hydroxylation is 1. The van der Waals surface area contributed by atoms with Crippen LogP contribution in [0.2, 0.25) is 0 Å². The van der Waals surface area contributed by atoms with E-state index in [0.717, 1.165) is 29.9 Å². The fourth-order valence-corrected chi connectivity index (χ4v) is 2.60. The third-order valence-electron chi connectivity index (χ3n) is 2.87. The van der Waals surface area contributed by atoms with Crippen LogP contribution in [0.4, 0.5) is 5.69 Å². The van der Waals surface area contributed by atoms with Gasteiger partial charge in [0, 0.05) is 47.6 Å². The van der Waals surface area contributed by atoms with E-state index in [1.54, 1.807) is 6.26 Å². The highest BCUT2D eigenvalue weighted by Gasteiger charge is 2.04. The van der Waals surface area contributed by atoms with Crippen LogP contribution in [0.25, 0.3) is 0 Å². The van der Waals surface area contributed by atoms with Gasteiger partial charge in [-0.05, 0) is 18.6 Å². The molecule has 0 fully saturated rings. The molecule has 0 unspecified atom stereocenters. The van der Waals surface area contributed by atoms with Crippen molar-refractivity contribution in [2.45, 2.75) is 25.8 Å². The molecule has 1 atom stereocenters. The first-order chi connectivity index (χ1) is 9.19.